The number of fused-ring (bicyclic) bond motifs is 2. The normalized spacial score (nSPS) is 19.3. The van der Waals surface area contributed by atoms with Gasteiger partial charge in [-0.1, -0.05) is 89.0 Å². The van der Waals surface area contributed by atoms with Crippen LogP contribution in [0.3, 0.4) is 0 Å². The van der Waals surface area contributed by atoms with Crippen LogP contribution in [0.1, 0.15) is 100 Å². The van der Waals surface area contributed by atoms with Gasteiger partial charge in [-0.3, -0.25) is 19.2 Å². The minimum atomic E-state index is -0.265. The summed E-state index contributed by atoms with van der Waals surface area (Å²) in [6, 6.07) is 15.7. The van der Waals surface area contributed by atoms with E-state index in [1.165, 1.54) is 12.7 Å². The Balaban J connectivity index is 0.000000196. The van der Waals surface area contributed by atoms with Crippen molar-refractivity contribution >= 4 is 70.1 Å². The van der Waals surface area contributed by atoms with Gasteiger partial charge in [0.25, 0.3) is 0 Å². The van der Waals surface area contributed by atoms with Crippen molar-refractivity contribution in [2.45, 2.75) is 90.1 Å². The predicted octanol–water partition coefficient (Wildman–Crippen LogP) is 6.01. The summed E-state index contributed by atoms with van der Waals surface area (Å²) >= 11 is 12.1. The van der Waals surface area contributed by atoms with E-state index >= 15 is 0 Å². The summed E-state index contributed by atoms with van der Waals surface area (Å²) in [6.07, 6.45) is 3.85. The second-order valence-corrected chi connectivity index (χ2v) is 19.1. The summed E-state index contributed by atoms with van der Waals surface area (Å²) in [5, 5.41) is 13.9. The minimum absolute atomic E-state index is 0.0154. The molecule has 6 heterocycles. The van der Waals surface area contributed by atoms with E-state index in [0.29, 0.717) is 100.0 Å². The van der Waals surface area contributed by atoms with Crippen LogP contribution >= 0.6 is 23.2 Å². The molecule has 4 aliphatic rings. The van der Waals surface area contributed by atoms with Gasteiger partial charge in [0.2, 0.25) is 23.6 Å². The summed E-state index contributed by atoms with van der Waals surface area (Å²) < 4.78 is 0. The fraction of sp³-hybridized carbons (Fsp3) is 0.500. The first kappa shape index (κ1) is 48.5. The number of benzene rings is 2. The van der Waals surface area contributed by atoms with Crippen LogP contribution in [0.25, 0.3) is 0 Å². The van der Waals surface area contributed by atoms with E-state index in [4.69, 9.17) is 23.2 Å². The van der Waals surface area contributed by atoms with Crippen molar-refractivity contribution in [3.8, 4) is 0 Å². The Hall–Kier alpha value is -5.42. The summed E-state index contributed by atoms with van der Waals surface area (Å²) in [7, 11) is 0. The van der Waals surface area contributed by atoms with Crippen molar-refractivity contribution in [1.29, 1.82) is 0 Å². The molecule has 2 fully saturated rings. The van der Waals surface area contributed by atoms with Gasteiger partial charge in [-0.15, -0.1) is 0 Å². The molecular weight excluding hydrogens is 880 g/mol. The third kappa shape index (κ3) is 11.7. The zero-order valence-corrected chi connectivity index (χ0v) is 40.2. The number of piperazine rings is 2. The van der Waals surface area contributed by atoms with Crippen LogP contribution in [0.5, 0.6) is 0 Å². The molecule has 0 unspecified atom stereocenters. The Kier molecular flexibility index (Phi) is 16.1. The second-order valence-electron chi connectivity index (χ2n) is 18.2. The fourth-order valence-electron chi connectivity index (χ4n) is 9.02. The summed E-state index contributed by atoms with van der Waals surface area (Å²) in [5.74, 6) is 2.71. The highest BCUT2D eigenvalue weighted by molar-refractivity contribution is 6.30. The number of carbonyl (C=O) groups excluding carboxylic acids is 4. The lowest BCUT2D eigenvalue weighted by Crippen LogP contribution is -2.51. The Morgan fingerprint density at radius 1 is 0.591 bits per heavy atom. The molecule has 66 heavy (non-hydrogen) atoms. The number of hydrogen-bond acceptors (Lipinski definition) is 12. The van der Waals surface area contributed by atoms with E-state index in [0.717, 1.165) is 33.9 Å². The average molecular weight is 942 g/mol. The quantitative estimate of drug-likeness (QED) is 0.130. The highest BCUT2D eigenvalue weighted by Gasteiger charge is 2.35. The third-order valence-electron chi connectivity index (χ3n) is 12.6. The first-order valence-electron chi connectivity index (χ1n) is 23.0. The lowest BCUT2D eigenvalue weighted by Gasteiger charge is -2.38. The monoisotopic (exact) mass is 940 g/mol. The molecule has 18 heteroatoms. The van der Waals surface area contributed by atoms with Gasteiger partial charge in [0.1, 0.15) is 35.9 Å². The Morgan fingerprint density at radius 3 is 1.27 bits per heavy atom. The second kappa shape index (κ2) is 21.9. The highest BCUT2D eigenvalue weighted by Crippen LogP contribution is 2.38. The van der Waals surface area contributed by atoms with E-state index in [2.05, 4.69) is 78.7 Å². The van der Waals surface area contributed by atoms with E-state index in [9.17, 15) is 19.2 Å². The zero-order chi connectivity index (χ0) is 47.1. The van der Waals surface area contributed by atoms with E-state index in [1.807, 2.05) is 72.2 Å². The molecule has 4 aromatic rings. The predicted molar refractivity (Wildman–Crippen MR) is 260 cm³/mol. The smallest absolute Gasteiger partial charge is 0.231 e. The highest BCUT2D eigenvalue weighted by atomic mass is 35.5. The molecule has 0 spiro atoms. The van der Waals surface area contributed by atoms with Crippen LogP contribution in [-0.2, 0) is 19.2 Å². The molecule has 0 saturated carbocycles. The van der Waals surface area contributed by atoms with Gasteiger partial charge in [-0.2, -0.15) is 0 Å². The van der Waals surface area contributed by atoms with Crippen molar-refractivity contribution in [2.24, 2.45) is 0 Å². The van der Waals surface area contributed by atoms with Gasteiger partial charge in [-0.25, -0.2) is 19.9 Å². The standard InChI is InChI=1S/2C24H31ClN6O2/c2*1-15(2)26-13-19(17-4-6-18(25)7-5-17)24(33)31-10-8-30(9-11-31)23-21-16(3)12-20(32)29-22(21)27-14-28-23/h2*4-7,14-16,19,26H,8-13H2,1-3H3,(H,27,28,29,32)/t16-,19+;16-,19-/m01/s1. The number of anilines is 4. The molecular formula is C48H62Cl2N12O4. The van der Waals surface area contributed by atoms with Crippen LogP contribution in [0.15, 0.2) is 61.2 Å². The minimum Gasteiger partial charge on any atom is -0.353 e. The summed E-state index contributed by atoms with van der Waals surface area (Å²) in [4.78, 5) is 76.7. The number of rotatable bonds is 12. The number of hydrogen-bond donors (Lipinski definition) is 4. The van der Waals surface area contributed by atoms with Gasteiger partial charge in [-0.05, 0) is 47.2 Å². The first-order valence-corrected chi connectivity index (χ1v) is 23.8. The number of nitrogens with one attached hydrogen (secondary N) is 4. The molecule has 4 N–H and O–H groups in total. The number of amides is 4. The number of halogens is 2. The molecule has 4 atom stereocenters. The molecule has 352 valence electrons. The van der Waals surface area contributed by atoms with Crippen LogP contribution in [0, 0.1) is 0 Å². The number of nitrogens with zero attached hydrogens (tertiary/aromatic N) is 8. The molecule has 16 nitrogen and oxygen atoms in total. The van der Waals surface area contributed by atoms with Crippen molar-refractivity contribution in [3.05, 3.63) is 93.5 Å². The fourth-order valence-corrected chi connectivity index (χ4v) is 9.27. The van der Waals surface area contributed by atoms with E-state index in [1.54, 1.807) is 0 Å². The topological polar surface area (TPSA) is 181 Å². The average Bonchev–Trinajstić information content (AvgIpc) is 3.29. The van der Waals surface area contributed by atoms with Gasteiger partial charge in [0, 0.05) is 112 Å². The molecule has 0 bridgehead atoms. The Bertz CT molecular complexity index is 2170. The maximum absolute atomic E-state index is 13.5. The largest absolute Gasteiger partial charge is 0.353 e. The lowest BCUT2D eigenvalue weighted by atomic mass is 9.94. The molecule has 0 radical (unpaired) electrons. The van der Waals surface area contributed by atoms with E-state index in [-0.39, 0.29) is 59.4 Å². The lowest BCUT2D eigenvalue weighted by molar-refractivity contribution is -0.133. The van der Waals surface area contributed by atoms with Crippen molar-refractivity contribution < 1.29 is 19.2 Å². The van der Waals surface area contributed by atoms with Gasteiger partial charge in [0.05, 0.1) is 11.8 Å². The van der Waals surface area contributed by atoms with Gasteiger partial charge >= 0.3 is 0 Å². The van der Waals surface area contributed by atoms with Crippen molar-refractivity contribution in [1.82, 2.24) is 40.4 Å². The number of aromatic nitrogens is 4. The maximum atomic E-state index is 13.5. The van der Waals surface area contributed by atoms with Crippen molar-refractivity contribution in [3.63, 3.8) is 0 Å². The summed E-state index contributed by atoms with van der Waals surface area (Å²) in [6.45, 7) is 18.7. The van der Waals surface area contributed by atoms with Crippen LogP contribution in [-0.4, -0.2) is 131 Å². The van der Waals surface area contributed by atoms with Crippen LogP contribution < -0.4 is 31.1 Å². The Morgan fingerprint density at radius 2 is 0.939 bits per heavy atom. The Labute approximate surface area is 397 Å². The molecule has 8 rings (SSSR count). The molecule has 4 aliphatic heterocycles. The molecule has 2 aromatic heterocycles. The van der Waals surface area contributed by atoms with Gasteiger partial charge < -0.3 is 40.9 Å². The maximum Gasteiger partial charge on any atom is 0.231 e. The van der Waals surface area contributed by atoms with E-state index < -0.39 is 0 Å². The zero-order valence-electron chi connectivity index (χ0n) is 38.7. The van der Waals surface area contributed by atoms with Crippen LogP contribution in [0.4, 0.5) is 23.3 Å². The molecule has 4 amide bonds. The van der Waals surface area contributed by atoms with Crippen molar-refractivity contribution in [2.75, 3.05) is 85.9 Å². The third-order valence-corrected chi connectivity index (χ3v) is 13.1. The van der Waals surface area contributed by atoms with Crippen LogP contribution in [0.2, 0.25) is 10.0 Å². The first-order chi connectivity index (χ1) is 31.7. The molecule has 0 aliphatic carbocycles. The number of carbonyl (C=O) groups is 4. The molecule has 2 aromatic carbocycles. The SMILES string of the molecule is CC(C)NC[C@@H](C(=O)N1CCN(c2ncnc3c2[C@@H](C)CC(=O)N3)CC1)c1ccc(Cl)cc1.CC(C)NC[C@@H](C(=O)N1CCN(c2ncnc3c2[C@H](C)CC(=O)N3)CC1)c1ccc(Cl)cc1. The molecule has 2 saturated heterocycles. The van der Waals surface area contributed by atoms with Gasteiger partial charge in [0.15, 0.2) is 0 Å². The summed E-state index contributed by atoms with van der Waals surface area (Å²) in [5.41, 5.74) is 3.90.